The molecule has 0 spiro atoms. The van der Waals surface area contributed by atoms with E-state index < -0.39 is 9.52 Å². The lowest BCUT2D eigenvalue weighted by atomic mass is 9.92. The van der Waals surface area contributed by atoms with Gasteiger partial charge in [-0.1, -0.05) is 26.8 Å². The van der Waals surface area contributed by atoms with E-state index in [9.17, 15) is 9.00 Å². The lowest BCUT2D eigenvalue weighted by Gasteiger charge is -2.13. The molecule has 0 saturated heterocycles. The second-order valence-corrected chi connectivity index (χ2v) is 10.7. The van der Waals surface area contributed by atoms with E-state index in [2.05, 4.69) is 47.0 Å². The van der Waals surface area contributed by atoms with Crippen molar-refractivity contribution in [2.45, 2.75) is 44.6 Å². The first-order valence-corrected chi connectivity index (χ1v) is 11.8. The van der Waals surface area contributed by atoms with Gasteiger partial charge in [-0.05, 0) is 52.6 Å². The van der Waals surface area contributed by atoms with Crippen LogP contribution in [-0.4, -0.2) is 42.0 Å². The summed E-state index contributed by atoms with van der Waals surface area (Å²) in [7, 11) is -2.32. The van der Waals surface area contributed by atoms with Crippen molar-refractivity contribution in [3.63, 3.8) is 0 Å². The van der Waals surface area contributed by atoms with E-state index in [1.54, 1.807) is 47.5 Å². The molecule has 0 aliphatic carbocycles. The van der Waals surface area contributed by atoms with Crippen LogP contribution in [0.4, 0.5) is 5.82 Å². The maximum atomic E-state index is 12.9. The first-order valence-electron chi connectivity index (χ1n) is 9.64. The van der Waals surface area contributed by atoms with Gasteiger partial charge in [-0.3, -0.25) is 18.7 Å². The summed E-state index contributed by atoms with van der Waals surface area (Å²) in [6, 6.07) is 10.6. The van der Waals surface area contributed by atoms with Crippen LogP contribution in [0.1, 0.15) is 43.9 Å². The Balaban J connectivity index is 1.85. The van der Waals surface area contributed by atoms with Gasteiger partial charge in [0.15, 0.2) is 0 Å². The van der Waals surface area contributed by atoms with Gasteiger partial charge in [-0.15, -0.1) is 0 Å². The molecule has 3 rings (SSSR count). The van der Waals surface area contributed by atoms with E-state index in [1.807, 2.05) is 13.0 Å². The van der Waals surface area contributed by atoms with E-state index >= 15 is 0 Å². The number of nitrogens with zero attached hydrogens (tertiary/aromatic N) is 4. The zero-order valence-corrected chi connectivity index (χ0v) is 18.8. The molecule has 0 bridgehead atoms. The first kappa shape index (κ1) is 21.7. The molecule has 3 aromatic heterocycles. The average Bonchev–Trinajstić information content (AvgIpc) is 3.13. The number of anilines is 1. The van der Waals surface area contributed by atoms with Crippen LogP contribution in [0.25, 0.3) is 11.4 Å². The van der Waals surface area contributed by atoms with Crippen LogP contribution in [0.5, 0.6) is 0 Å². The highest BCUT2D eigenvalue weighted by molar-refractivity contribution is 7.99. The van der Waals surface area contributed by atoms with Gasteiger partial charge >= 0.3 is 0 Å². The van der Waals surface area contributed by atoms with Gasteiger partial charge in [-0.25, -0.2) is 4.98 Å². The van der Waals surface area contributed by atoms with Crippen molar-refractivity contribution in [1.29, 1.82) is 0 Å². The smallest absolute Gasteiger partial charge is 0.275 e. The Labute approximate surface area is 177 Å². The molecule has 1 atom stereocenters. The topological polar surface area (TPSA) is 89.8 Å². The zero-order valence-electron chi connectivity index (χ0n) is 18.0. The molecule has 0 fully saturated rings. The zero-order chi connectivity index (χ0) is 22.1. The van der Waals surface area contributed by atoms with Crippen LogP contribution in [0.15, 0.2) is 47.5 Å². The van der Waals surface area contributed by atoms with Crippen molar-refractivity contribution in [1.82, 2.24) is 19.7 Å². The van der Waals surface area contributed by atoms with Crippen LogP contribution in [0.3, 0.4) is 0 Å². The second kappa shape index (κ2) is 8.02. The summed E-state index contributed by atoms with van der Waals surface area (Å²) in [5.74, 6) is 3.82. The number of rotatable bonds is 5. The average molecular weight is 426 g/mol. The van der Waals surface area contributed by atoms with Crippen molar-refractivity contribution < 1.29 is 9.00 Å². The Hall–Kier alpha value is -3.00. The number of aryl methyl sites for hydroxylation is 1. The quantitative estimate of drug-likeness (QED) is 0.631. The van der Waals surface area contributed by atoms with E-state index in [4.69, 9.17) is 0 Å². The van der Waals surface area contributed by atoms with E-state index in [-0.39, 0.29) is 11.3 Å². The van der Waals surface area contributed by atoms with Gasteiger partial charge in [0.05, 0.1) is 17.1 Å². The summed E-state index contributed by atoms with van der Waals surface area (Å²) >= 11 is 0. The number of hydrogen-bond donors (Lipinski definition) is 1. The lowest BCUT2D eigenvalue weighted by molar-refractivity contribution is 0.101. The van der Waals surface area contributed by atoms with Crippen molar-refractivity contribution in [2.75, 3.05) is 11.6 Å². The summed E-state index contributed by atoms with van der Waals surface area (Å²) in [4.78, 5) is 22.3. The minimum absolute atomic E-state index is 0.151. The fraction of sp³-hybridized carbons (Fsp3) is 0.318. The SMILES string of the molecule is C=S(C)(=O)c1ccc(-c2cccc(NC(=O)c3cc(C(C)(C)C)nn3CC)n2)nc1. The Bertz CT molecular complexity index is 1170. The molecular formula is C22H27N5O2S. The predicted molar refractivity (Wildman–Crippen MR) is 121 cm³/mol. The van der Waals surface area contributed by atoms with E-state index in [0.717, 1.165) is 5.69 Å². The molecule has 0 aromatic carbocycles. The van der Waals surface area contributed by atoms with Crippen LogP contribution in [0.2, 0.25) is 0 Å². The second-order valence-electron chi connectivity index (χ2n) is 8.23. The highest BCUT2D eigenvalue weighted by atomic mass is 32.2. The Morgan fingerprint density at radius 1 is 1.20 bits per heavy atom. The van der Waals surface area contributed by atoms with Gasteiger partial charge in [0, 0.05) is 29.3 Å². The number of pyridine rings is 2. The molecule has 1 N–H and O–H groups in total. The molecule has 3 heterocycles. The number of nitrogens with one attached hydrogen (secondary N) is 1. The largest absolute Gasteiger partial charge is 0.305 e. The van der Waals surface area contributed by atoms with Crippen molar-refractivity contribution >= 4 is 27.1 Å². The van der Waals surface area contributed by atoms with Crippen LogP contribution >= 0.6 is 0 Å². The molecule has 0 radical (unpaired) electrons. The third-order valence-corrected chi connectivity index (χ3v) is 5.81. The number of hydrogen-bond acceptors (Lipinski definition) is 5. The summed E-state index contributed by atoms with van der Waals surface area (Å²) in [6.07, 6.45) is 3.12. The van der Waals surface area contributed by atoms with Gasteiger partial charge in [0.2, 0.25) is 0 Å². The standard InChI is InChI=1S/C22H27N5O2S/c1-7-27-18(13-19(26-27)22(2,3)4)21(28)25-20-10-8-9-17(24-20)16-12-11-15(14-23-16)30(5,6)29/h8-14H,5,7H2,1-4,6H3,(H,24,25,28). The maximum absolute atomic E-state index is 12.9. The Morgan fingerprint density at radius 2 is 1.93 bits per heavy atom. The Kier molecular flexibility index (Phi) is 5.81. The number of carbonyl (C=O) groups excluding carboxylic acids is 1. The van der Waals surface area contributed by atoms with Gasteiger partial charge in [-0.2, -0.15) is 5.10 Å². The third-order valence-electron chi connectivity index (χ3n) is 4.57. The van der Waals surface area contributed by atoms with Crippen molar-refractivity contribution in [3.8, 4) is 11.4 Å². The summed E-state index contributed by atoms with van der Waals surface area (Å²) < 4.78 is 13.7. The normalized spacial score (nSPS) is 13.6. The third kappa shape index (κ3) is 4.76. The lowest BCUT2D eigenvalue weighted by Crippen LogP contribution is -2.18. The summed E-state index contributed by atoms with van der Waals surface area (Å²) in [6.45, 7) is 8.73. The van der Waals surface area contributed by atoms with E-state index in [0.29, 0.717) is 34.3 Å². The van der Waals surface area contributed by atoms with Gasteiger partial charge in [0.25, 0.3) is 5.91 Å². The van der Waals surface area contributed by atoms with E-state index in [1.165, 1.54) is 0 Å². The number of carbonyl (C=O) groups is 1. The molecule has 8 heteroatoms. The van der Waals surface area contributed by atoms with Crippen LogP contribution in [-0.2, 0) is 21.5 Å². The van der Waals surface area contributed by atoms with Crippen molar-refractivity contribution in [2.24, 2.45) is 0 Å². The monoisotopic (exact) mass is 425 g/mol. The molecule has 3 aromatic rings. The molecule has 1 unspecified atom stereocenters. The Morgan fingerprint density at radius 3 is 2.50 bits per heavy atom. The summed E-state index contributed by atoms with van der Waals surface area (Å²) in [5.41, 5.74) is 2.42. The summed E-state index contributed by atoms with van der Waals surface area (Å²) in [5, 5.41) is 7.40. The van der Waals surface area contributed by atoms with Gasteiger partial charge in [0.1, 0.15) is 11.5 Å². The molecule has 0 saturated carbocycles. The van der Waals surface area contributed by atoms with Crippen LogP contribution < -0.4 is 5.32 Å². The molecule has 7 nitrogen and oxygen atoms in total. The molecular weight excluding hydrogens is 398 g/mol. The predicted octanol–water partition coefficient (Wildman–Crippen LogP) is 3.61. The first-order chi connectivity index (χ1) is 14.0. The fourth-order valence-corrected chi connectivity index (χ4v) is 3.45. The van der Waals surface area contributed by atoms with Gasteiger partial charge < -0.3 is 5.32 Å². The molecule has 158 valence electrons. The highest BCUT2D eigenvalue weighted by Crippen LogP contribution is 2.23. The van der Waals surface area contributed by atoms with Crippen molar-refractivity contribution in [3.05, 3.63) is 54.0 Å². The molecule has 0 aliphatic rings. The fourth-order valence-electron chi connectivity index (χ4n) is 2.82. The van der Waals surface area contributed by atoms with Crippen LogP contribution in [0, 0.1) is 0 Å². The molecule has 30 heavy (non-hydrogen) atoms. The number of aromatic nitrogens is 4. The maximum Gasteiger partial charge on any atom is 0.275 e. The molecule has 0 aliphatic heterocycles. The minimum atomic E-state index is -2.32. The highest BCUT2D eigenvalue weighted by Gasteiger charge is 2.22. The minimum Gasteiger partial charge on any atom is -0.305 e. The molecule has 1 amide bonds. The number of amides is 1.